The van der Waals surface area contributed by atoms with Crippen LogP contribution < -0.4 is 0 Å². The van der Waals surface area contributed by atoms with E-state index in [0.717, 1.165) is 19.3 Å². The zero-order chi connectivity index (χ0) is 29.9. The van der Waals surface area contributed by atoms with Crippen LogP contribution in [0.3, 0.4) is 0 Å². The molecule has 1 nitrogen and oxygen atoms in total. The lowest BCUT2D eigenvalue weighted by Gasteiger charge is -2.33. The second kappa shape index (κ2) is 10.5. The summed E-state index contributed by atoms with van der Waals surface area (Å²) in [6.07, 6.45) is 20.1. The Kier molecular flexibility index (Phi) is 6.13. The molecule has 1 heterocycles. The Labute approximate surface area is 265 Å². The first-order valence-corrected chi connectivity index (χ1v) is 16.4. The molecule has 0 radical (unpaired) electrons. The molecule has 5 aromatic rings. The number of benzene rings is 5. The summed E-state index contributed by atoms with van der Waals surface area (Å²) in [7, 11) is 0. The van der Waals surface area contributed by atoms with Crippen molar-refractivity contribution >= 4 is 27.1 Å². The molecule has 0 saturated carbocycles. The molecule has 0 amide bonds. The second-order valence-corrected chi connectivity index (χ2v) is 12.7. The minimum absolute atomic E-state index is 0.178. The smallest absolute Gasteiger partial charge is 0.0854 e. The van der Waals surface area contributed by atoms with Gasteiger partial charge in [-0.15, -0.1) is 0 Å². The lowest BCUT2D eigenvalue weighted by atomic mass is 9.82. The van der Waals surface area contributed by atoms with Gasteiger partial charge in [0.15, 0.2) is 0 Å². The maximum Gasteiger partial charge on any atom is 0.0854 e. The zero-order valence-corrected chi connectivity index (χ0v) is 25.6. The van der Waals surface area contributed by atoms with Crippen LogP contribution in [0.5, 0.6) is 0 Å². The second-order valence-electron chi connectivity index (χ2n) is 12.7. The fraction of sp³-hybridized carbons (Fsp3) is 0.136. The highest BCUT2D eigenvalue weighted by Gasteiger charge is 2.43. The molecule has 3 aliphatic carbocycles. The van der Waals surface area contributed by atoms with E-state index < -0.39 is 0 Å². The lowest BCUT2D eigenvalue weighted by Crippen LogP contribution is -2.30. The van der Waals surface area contributed by atoms with Gasteiger partial charge in [0, 0.05) is 11.4 Å². The molecular formula is C44H35N. The molecule has 0 fully saturated rings. The van der Waals surface area contributed by atoms with E-state index in [4.69, 9.17) is 0 Å². The summed E-state index contributed by atoms with van der Waals surface area (Å²) in [5.41, 5.74) is 13.5. The number of hydrogen-bond acceptors (Lipinski definition) is 1. The van der Waals surface area contributed by atoms with Crippen LogP contribution in [-0.2, 0) is 0 Å². The summed E-state index contributed by atoms with van der Waals surface area (Å²) < 4.78 is 0. The molecule has 1 heteroatoms. The average Bonchev–Trinajstić information content (AvgIpc) is 3.66. The van der Waals surface area contributed by atoms with Crippen LogP contribution in [0.4, 0.5) is 0 Å². The van der Waals surface area contributed by atoms with Crippen LogP contribution in [0.1, 0.15) is 31.7 Å². The summed E-state index contributed by atoms with van der Waals surface area (Å²) in [4.78, 5) is 2.64. The maximum atomic E-state index is 2.64. The van der Waals surface area contributed by atoms with Crippen LogP contribution >= 0.6 is 0 Å². The van der Waals surface area contributed by atoms with Crippen molar-refractivity contribution in [1.82, 2.24) is 4.90 Å². The third kappa shape index (κ3) is 4.07. The predicted molar refractivity (Wildman–Crippen MR) is 190 cm³/mol. The molecule has 0 saturated heterocycles. The van der Waals surface area contributed by atoms with E-state index in [0.29, 0.717) is 5.92 Å². The largest absolute Gasteiger partial charge is 0.330 e. The van der Waals surface area contributed by atoms with Crippen molar-refractivity contribution in [2.24, 2.45) is 5.92 Å². The number of rotatable bonds is 4. The number of fused-ring (bicyclic) bond motifs is 4. The first-order valence-electron chi connectivity index (χ1n) is 16.4. The van der Waals surface area contributed by atoms with Gasteiger partial charge in [0.05, 0.1) is 6.04 Å². The zero-order valence-electron chi connectivity index (χ0n) is 25.6. The van der Waals surface area contributed by atoms with Crippen LogP contribution in [0, 0.1) is 5.92 Å². The van der Waals surface area contributed by atoms with Gasteiger partial charge in [0.1, 0.15) is 0 Å². The molecule has 5 aromatic carbocycles. The fourth-order valence-electron chi connectivity index (χ4n) is 8.17. The van der Waals surface area contributed by atoms with E-state index in [9.17, 15) is 0 Å². The van der Waals surface area contributed by atoms with E-state index in [1.54, 1.807) is 0 Å². The molecule has 4 aliphatic rings. The molecule has 0 aromatic heterocycles. The monoisotopic (exact) mass is 577 g/mol. The van der Waals surface area contributed by atoms with Gasteiger partial charge in [0.25, 0.3) is 0 Å². The number of allylic oxidation sites excluding steroid dienone is 7. The average molecular weight is 578 g/mol. The van der Waals surface area contributed by atoms with Crippen molar-refractivity contribution in [2.45, 2.75) is 32.2 Å². The predicted octanol–water partition coefficient (Wildman–Crippen LogP) is 11.4. The van der Waals surface area contributed by atoms with E-state index in [2.05, 4.69) is 157 Å². The van der Waals surface area contributed by atoms with Gasteiger partial charge >= 0.3 is 0 Å². The Balaban J connectivity index is 1.24. The Morgan fingerprint density at radius 1 is 0.556 bits per heavy atom. The molecule has 216 valence electrons. The topological polar surface area (TPSA) is 3.24 Å². The van der Waals surface area contributed by atoms with E-state index in [1.165, 1.54) is 77.5 Å². The van der Waals surface area contributed by atoms with Gasteiger partial charge < -0.3 is 4.90 Å². The molecule has 9 rings (SSSR count). The Bertz CT molecular complexity index is 2130. The molecule has 2 atom stereocenters. The highest BCUT2D eigenvalue weighted by atomic mass is 15.2. The SMILES string of the molecule is C[C@H]1CC=CC2=C1C1=CC=C(c3c4ccccc4c(-c4ccc(-c5ccccc5)cc4)c4ccccc34)C1N2C1=CCCC=C1. The summed E-state index contributed by atoms with van der Waals surface area (Å²) >= 11 is 0. The number of nitrogens with zero attached hydrogens (tertiary/aromatic N) is 1. The Morgan fingerprint density at radius 2 is 1.16 bits per heavy atom. The normalized spacial score (nSPS) is 20.4. The third-order valence-corrected chi connectivity index (χ3v) is 10.1. The van der Waals surface area contributed by atoms with Crippen LogP contribution in [0.25, 0.3) is 49.4 Å². The van der Waals surface area contributed by atoms with Crippen molar-refractivity contribution in [1.29, 1.82) is 0 Å². The van der Waals surface area contributed by atoms with Crippen LogP contribution in [0.15, 0.2) is 168 Å². The molecule has 0 bridgehead atoms. The summed E-state index contributed by atoms with van der Waals surface area (Å²) in [6, 6.07) is 38.1. The van der Waals surface area contributed by atoms with E-state index >= 15 is 0 Å². The van der Waals surface area contributed by atoms with Gasteiger partial charge in [-0.1, -0.05) is 140 Å². The van der Waals surface area contributed by atoms with Crippen molar-refractivity contribution < 1.29 is 0 Å². The summed E-state index contributed by atoms with van der Waals surface area (Å²) in [5, 5.41) is 5.25. The van der Waals surface area contributed by atoms with Gasteiger partial charge in [0.2, 0.25) is 0 Å². The van der Waals surface area contributed by atoms with Crippen molar-refractivity contribution in [2.75, 3.05) is 0 Å². The minimum Gasteiger partial charge on any atom is -0.330 e. The van der Waals surface area contributed by atoms with Crippen molar-refractivity contribution in [3.63, 3.8) is 0 Å². The summed E-state index contributed by atoms with van der Waals surface area (Å²) in [6.45, 7) is 2.39. The van der Waals surface area contributed by atoms with Gasteiger partial charge in [-0.2, -0.15) is 0 Å². The van der Waals surface area contributed by atoms with Crippen LogP contribution in [0.2, 0.25) is 0 Å². The Hall–Kier alpha value is -5.14. The first kappa shape index (κ1) is 26.3. The van der Waals surface area contributed by atoms with Gasteiger partial charge in [-0.25, -0.2) is 0 Å². The minimum atomic E-state index is 0.178. The Morgan fingerprint density at radius 3 is 1.82 bits per heavy atom. The van der Waals surface area contributed by atoms with Crippen molar-refractivity contribution in [3.8, 4) is 22.3 Å². The van der Waals surface area contributed by atoms with Gasteiger partial charge in [-0.05, 0) is 103 Å². The third-order valence-electron chi connectivity index (χ3n) is 10.1. The molecule has 45 heavy (non-hydrogen) atoms. The fourth-order valence-corrected chi connectivity index (χ4v) is 8.17. The van der Waals surface area contributed by atoms with E-state index in [1.807, 2.05) is 0 Å². The van der Waals surface area contributed by atoms with Crippen LogP contribution in [-0.4, -0.2) is 10.9 Å². The highest BCUT2D eigenvalue weighted by molar-refractivity contribution is 6.19. The molecule has 0 N–H and O–H groups in total. The highest BCUT2D eigenvalue weighted by Crippen LogP contribution is 2.53. The standard InChI is InChI=1S/C44H35N/c1-29-13-12-22-40-41(29)38-27-28-39(44(38)45(40)33-16-6-3-7-17-33)43-36-20-10-8-18-34(36)42(35-19-9-11-21-37(35)43)32-25-23-31(24-26-32)30-14-4-2-5-15-30/h2,4-6,8-12,14-29,44H,3,7,13H2,1H3/t29-,44?/m0/s1. The van der Waals surface area contributed by atoms with Gasteiger partial charge in [-0.3, -0.25) is 0 Å². The molecule has 1 unspecified atom stereocenters. The maximum absolute atomic E-state index is 2.64. The molecule has 0 spiro atoms. The van der Waals surface area contributed by atoms with Crippen molar-refractivity contribution in [3.05, 3.63) is 174 Å². The lowest BCUT2D eigenvalue weighted by molar-refractivity contribution is 0.454. The van der Waals surface area contributed by atoms with E-state index in [-0.39, 0.29) is 6.04 Å². The first-order chi connectivity index (χ1) is 22.3. The summed E-state index contributed by atoms with van der Waals surface area (Å²) in [5.74, 6) is 0.513. The molecular weight excluding hydrogens is 542 g/mol. The number of hydrogen-bond donors (Lipinski definition) is 0. The quantitative estimate of drug-likeness (QED) is 0.192. The molecule has 1 aliphatic heterocycles.